The van der Waals surface area contributed by atoms with E-state index in [1.165, 1.54) is 25.7 Å². The highest BCUT2D eigenvalue weighted by atomic mass is 16.5. The number of nitrogens with one attached hydrogen (secondary N) is 2. The Hall–Kier alpha value is -1.56. The van der Waals surface area contributed by atoms with Crippen LogP contribution in [0.1, 0.15) is 77.2 Å². The molecular formula is C20H36N4O2. The number of hydrogen-bond donors (Lipinski definition) is 2. The molecule has 1 aromatic rings. The number of ether oxygens (including phenoxy) is 1. The van der Waals surface area contributed by atoms with Gasteiger partial charge in [0.2, 0.25) is 0 Å². The van der Waals surface area contributed by atoms with Crippen LogP contribution in [0.4, 0.5) is 0 Å². The molecule has 6 nitrogen and oxygen atoms in total. The first-order valence-electron chi connectivity index (χ1n) is 10.1. The van der Waals surface area contributed by atoms with Crippen molar-refractivity contribution in [1.82, 2.24) is 15.8 Å². The van der Waals surface area contributed by atoms with Gasteiger partial charge in [0.25, 0.3) is 0 Å². The second-order valence-corrected chi connectivity index (χ2v) is 7.58. The molecule has 1 aliphatic carbocycles. The van der Waals surface area contributed by atoms with Crippen molar-refractivity contribution in [1.29, 1.82) is 0 Å². The van der Waals surface area contributed by atoms with E-state index in [1.54, 1.807) is 0 Å². The molecule has 0 unspecified atom stereocenters. The van der Waals surface area contributed by atoms with Crippen LogP contribution in [0.5, 0.6) is 0 Å². The molecule has 0 atom stereocenters. The Morgan fingerprint density at radius 2 is 2.08 bits per heavy atom. The minimum absolute atomic E-state index is 0.336. The Bertz CT molecular complexity index is 548. The molecule has 2 rings (SSSR count). The summed E-state index contributed by atoms with van der Waals surface area (Å²) in [6.45, 7) is 12.3. The van der Waals surface area contributed by atoms with E-state index in [0.29, 0.717) is 17.9 Å². The largest absolute Gasteiger partial charge is 0.382 e. The Morgan fingerprint density at radius 1 is 1.31 bits per heavy atom. The molecule has 0 amide bonds. The summed E-state index contributed by atoms with van der Waals surface area (Å²) in [7, 11) is 0. The second-order valence-electron chi connectivity index (χ2n) is 7.58. The lowest BCUT2D eigenvalue weighted by Gasteiger charge is -2.30. The highest BCUT2D eigenvalue weighted by molar-refractivity contribution is 5.79. The average Bonchev–Trinajstić information content (AvgIpc) is 3.28. The smallest absolute Gasteiger partial charge is 0.191 e. The summed E-state index contributed by atoms with van der Waals surface area (Å²) < 4.78 is 11.0. The lowest BCUT2D eigenvalue weighted by molar-refractivity contribution is 0.105. The van der Waals surface area contributed by atoms with Crippen molar-refractivity contribution in [3.8, 4) is 0 Å². The lowest BCUT2D eigenvalue weighted by atomic mass is 9.83. The number of hydrogen-bond acceptors (Lipinski definition) is 4. The summed E-state index contributed by atoms with van der Waals surface area (Å²) in [4.78, 5) is 4.67. The van der Waals surface area contributed by atoms with E-state index in [0.717, 1.165) is 50.1 Å². The minimum atomic E-state index is 0.336. The molecule has 1 aliphatic rings. The number of aromatic nitrogens is 1. The third kappa shape index (κ3) is 6.31. The van der Waals surface area contributed by atoms with Crippen LogP contribution in [0.3, 0.4) is 0 Å². The van der Waals surface area contributed by atoms with Crippen molar-refractivity contribution in [2.75, 3.05) is 26.3 Å². The van der Waals surface area contributed by atoms with E-state index >= 15 is 0 Å². The molecule has 26 heavy (non-hydrogen) atoms. The molecule has 148 valence electrons. The van der Waals surface area contributed by atoms with Gasteiger partial charge in [0.15, 0.2) is 11.7 Å². The van der Waals surface area contributed by atoms with Crippen LogP contribution in [0.25, 0.3) is 0 Å². The zero-order chi connectivity index (χ0) is 18.8. The fourth-order valence-electron chi connectivity index (χ4n) is 3.52. The van der Waals surface area contributed by atoms with Gasteiger partial charge in [-0.15, -0.1) is 0 Å². The number of aliphatic imine (C=N–C) groups is 1. The summed E-state index contributed by atoms with van der Waals surface area (Å²) in [5.74, 6) is 2.02. The van der Waals surface area contributed by atoms with Crippen molar-refractivity contribution < 1.29 is 9.26 Å². The summed E-state index contributed by atoms with van der Waals surface area (Å²) in [5, 5.41) is 11.0. The van der Waals surface area contributed by atoms with E-state index in [9.17, 15) is 0 Å². The van der Waals surface area contributed by atoms with Gasteiger partial charge in [-0.05, 0) is 44.4 Å². The van der Waals surface area contributed by atoms with E-state index < -0.39 is 0 Å². The third-order valence-electron chi connectivity index (χ3n) is 5.18. The maximum Gasteiger partial charge on any atom is 0.191 e. The van der Waals surface area contributed by atoms with Gasteiger partial charge >= 0.3 is 0 Å². The van der Waals surface area contributed by atoms with Gasteiger partial charge in [-0.1, -0.05) is 31.8 Å². The van der Waals surface area contributed by atoms with Crippen molar-refractivity contribution in [3.05, 3.63) is 17.5 Å². The number of guanidine groups is 1. The van der Waals surface area contributed by atoms with Crippen LogP contribution in [-0.4, -0.2) is 37.4 Å². The fraction of sp³-hybridized carbons (Fsp3) is 0.800. The minimum Gasteiger partial charge on any atom is -0.382 e. The fourth-order valence-corrected chi connectivity index (χ4v) is 3.52. The summed E-state index contributed by atoms with van der Waals surface area (Å²) in [6, 6.07) is 2.00. The van der Waals surface area contributed by atoms with Crippen molar-refractivity contribution in [3.63, 3.8) is 0 Å². The summed E-state index contributed by atoms with van der Waals surface area (Å²) >= 11 is 0. The van der Waals surface area contributed by atoms with E-state index in [2.05, 4.69) is 48.5 Å². The SMILES string of the molecule is CCNC(=NCc1cc(C(C)C)no1)NCC1(CCOCC)CCCC1. The lowest BCUT2D eigenvalue weighted by Crippen LogP contribution is -2.43. The average molecular weight is 365 g/mol. The van der Waals surface area contributed by atoms with Gasteiger partial charge in [-0.3, -0.25) is 0 Å². The molecule has 1 aromatic heterocycles. The molecule has 0 aromatic carbocycles. The van der Waals surface area contributed by atoms with E-state index in [4.69, 9.17) is 9.26 Å². The third-order valence-corrected chi connectivity index (χ3v) is 5.18. The standard InChI is InChI=1S/C20H36N4O2/c1-5-21-19(22-14-17-13-18(16(3)4)24-26-17)23-15-20(9-7-8-10-20)11-12-25-6-2/h13,16H,5-12,14-15H2,1-4H3,(H2,21,22,23). The molecule has 6 heteroatoms. The van der Waals surface area contributed by atoms with Crippen LogP contribution in [0, 0.1) is 5.41 Å². The first-order valence-corrected chi connectivity index (χ1v) is 10.1. The summed E-state index contributed by atoms with van der Waals surface area (Å²) in [5.41, 5.74) is 1.32. The van der Waals surface area contributed by atoms with Crippen LogP contribution < -0.4 is 10.6 Å². The normalized spacial score (nSPS) is 17.0. The van der Waals surface area contributed by atoms with Crippen molar-refractivity contribution in [2.24, 2.45) is 10.4 Å². The quantitative estimate of drug-likeness (QED) is 0.375. The zero-order valence-electron chi connectivity index (χ0n) is 16.9. The van der Waals surface area contributed by atoms with Gasteiger partial charge < -0.3 is 19.9 Å². The van der Waals surface area contributed by atoms with Gasteiger partial charge in [-0.25, -0.2) is 4.99 Å². The van der Waals surface area contributed by atoms with Crippen LogP contribution in [0.15, 0.2) is 15.6 Å². The first-order chi connectivity index (χ1) is 12.6. The predicted molar refractivity (Wildman–Crippen MR) is 105 cm³/mol. The molecule has 1 fully saturated rings. The maximum atomic E-state index is 5.61. The number of nitrogens with zero attached hydrogens (tertiary/aromatic N) is 2. The Kier molecular flexibility index (Phi) is 8.42. The zero-order valence-corrected chi connectivity index (χ0v) is 16.9. The second kappa shape index (κ2) is 10.6. The van der Waals surface area contributed by atoms with Gasteiger partial charge in [0.05, 0.1) is 5.69 Å². The molecule has 0 aliphatic heterocycles. The Labute approximate surface area is 158 Å². The highest BCUT2D eigenvalue weighted by Crippen LogP contribution is 2.40. The molecule has 0 saturated heterocycles. The molecule has 2 N–H and O–H groups in total. The highest BCUT2D eigenvalue weighted by Gasteiger charge is 2.33. The van der Waals surface area contributed by atoms with E-state index in [1.807, 2.05) is 6.07 Å². The molecular weight excluding hydrogens is 328 g/mol. The van der Waals surface area contributed by atoms with Crippen LogP contribution in [-0.2, 0) is 11.3 Å². The van der Waals surface area contributed by atoms with Crippen molar-refractivity contribution in [2.45, 2.75) is 72.3 Å². The molecule has 1 saturated carbocycles. The first kappa shape index (κ1) is 20.7. The van der Waals surface area contributed by atoms with Crippen LogP contribution in [0.2, 0.25) is 0 Å². The monoisotopic (exact) mass is 364 g/mol. The van der Waals surface area contributed by atoms with Crippen LogP contribution >= 0.6 is 0 Å². The van der Waals surface area contributed by atoms with Gasteiger partial charge in [0.1, 0.15) is 6.54 Å². The molecule has 0 bridgehead atoms. The Morgan fingerprint density at radius 3 is 2.69 bits per heavy atom. The molecule has 0 radical (unpaired) electrons. The van der Waals surface area contributed by atoms with E-state index in [-0.39, 0.29) is 0 Å². The molecule has 1 heterocycles. The predicted octanol–water partition coefficient (Wildman–Crippen LogP) is 3.84. The Balaban J connectivity index is 1.92. The maximum absolute atomic E-state index is 5.61. The van der Waals surface area contributed by atoms with Gasteiger partial charge in [0, 0.05) is 32.4 Å². The topological polar surface area (TPSA) is 71.7 Å². The summed E-state index contributed by atoms with van der Waals surface area (Å²) in [6.07, 6.45) is 6.29. The van der Waals surface area contributed by atoms with Gasteiger partial charge in [-0.2, -0.15) is 0 Å². The molecule has 0 spiro atoms. The van der Waals surface area contributed by atoms with Crippen molar-refractivity contribution >= 4 is 5.96 Å². The number of rotatable bonds is 10.